The van der Waals surface area contributed by atoms with E-state index in [1.165, 1.54) is 33.8 Å². The number of hydrogen-bond acceptors (Lipinski definition) is 12. The maximum atomic E-state index is 13.9. The largest absolute Gasteiger partial charge is 0.493 e. The highest BCUT2D eigenvalue weighted by molar-refractivity contribution is 6.76. The normalized spacial score (nSPS) is 19.1. The standard InChI is InChI=1S/C43H60N4O12Si2/c1-54-36-20-30-32(46(26-56-14-16-60(3,4)5)42(52)34-18-28(48)24-44(34)40(30)50)22-38(36)58-12-10-9-11-13-59-39-23-33-31(21-37(39)55-2)41(51)45-25-29(49)19-35(45)43(53)47(33)27-57-15-17-61(6,7)8/h20-23,34-35H,9-19,24-27H2,1-8H3/t34-,35-/m0/s1. The van der Waals surface area contributed by atoms with Crippen molar-refractivity contribution in [1.82, 2.24) is 9.80 Å². The molecule has 18 heteroatoms. The number of benzene rings is 2. The van der Waals surface area contributed by atoms with Crippen molar-refractivity contribution in [1.29, 1.82) is 0 Å². The lowest BCUT2D eigenvalue weighted by molar-refractivity contribution is -0.124. The van der Waals surface area contributed by atoms with Crippen LogP contribution in [0.25, 0.3) is 0 Å². The average Bonchev–Trinajstić information content (AvgIpc) is 3.77. The number of amides is 4. The van der Waals surface area contributed by atoms with E-state index in [2.05, 4.69) is 39.3 Å². The minimum atomic E-state index is -1.41. The van der Waals surface area contributed by atoms with Crippen LogP contribution in [0.5, 0.6) is 23.0 Å². The first kappa shape index (κ1) is 45.7. The third kappa shape index (κ3) is 10.6. The number of ketones is 2. The van der Waals surface area contributed by atoms with Gasteiger partial charge in [-0.25, -0.2) is 0 Å². The number of anilines is 2. The lowest BCUT2D eigenvalue weighted by Gasteiger charge is -2.26. The van der Waals surface area contributed by atoms with Crippen LogP contribution in [0.3, 0.4) is 0 Å². The number of carbonyl (C=O) groups is 6. The first-order valence-electron chi connectivity index (χ1n) is 21.0. The summed E-state index contributed by atoms with van der Waals surface area (Å²) in [6.45, 7) is 14.6. The van der Waals surface area contributed by atoms with Gasteiger partial charge in [0.15, 0.2) is 34.6 Å². The van der Waals surface area contributed by atoms with Crippen molar-refractivity contribution in [3.05, 3.63) is 35.4 Å². The SMILES string of the molecule is COc1cc2c(cc1OCCCCCOc1cc3c(cc1OC)C(=O)N1CC(=O)C[C@H]1C(=O)N3COCC[Si](C)(C)C)N(COCC[Si](C)(C)C)C(=O)[C@@H]1CC(=O)CN1C2=O. The zero-order valence-electron chi connectivity index (χ0n) is 36.8. The lowest BCUT2D eigenvalue weighted by Crippen LogP contribution is -2.45. The first-order chi connectivity index (χ1) is 28.9. The quantitative estimate of drug-likeness (QED) is 0.126. The summed E-state index contributed by atoms with van der Waals surface area (Å²) in [5, 5.41) is 0. The molecule has 0 aliphatic carbocycles. The molecule has 4 amide bonds. The van der Waals surface area contributed by atoms with Crippen LogP contribution in [0.4, 0.5) is 11.4 Å². The van der Waals surface area contributed by atoms with Gasteiger partial charge < -0.3 is 38.2 Å². The van der Waals surface area contributed by atoms with Crippen molar-refractivity contribution in [3.63, 3.8) is 0 Å². The van der Waals surface area contributed by atoms with Crippen LogP contribution in [0.2, 0.25) is 51.4 Å². The van der Waals surface area contributed by atoms with Gasteiger partial charge in [0.05, 0.1) is 63.0 Å². The van der Waals surface area contributed by atoms with Crippen molar-refractivity contribution >= 4 is 62.7 Å². The highest BCUT2D eigenvalue weighted by atomic mass is 28.3. The highest BCUT2D eigenvalue weighted by Crippen LogP contribution is 2.41. The van der Waals surface area contributed by atoms with Crippen molar-refractivity contribution in [2.24, 2.45) is 0 Å². The van der Waals surface area contributed by atoms with Crippen LogP contribution in [-0.4, -0.2) is 140 Å². The molecule has 2 aromatic rings. The predicted molar refractivity (Wildman–Crippen MR) is 233 cm³/mol. The lowest BCUT2D eigenvalue weighted by atomic mass is 10.1. The van der Waals surface area contributed by atoms with Gasteiger partial charge in [-0.05, 0) is 43.5 Å². The molecule has 4 aliphatic heterocycles. The second-order valence-electron chi connectivity index (χ2n) is 18.4. The Morgan fingerprint density at radius 2 is 0.934 bits per heavy atom. The fourth-order valence-corrected chi connectivity index (χ4v) is 9.18. The monoisotopic (exact) mass is 880 g/mol. The predicted octanol–water partition coefficient (Wildman–Crippen LogP) is 5.22. The Morgan fingerprint density at radius 3 is 1.30 bits per heavy atom. The second-order valence-corrected chi connectivity index (χ2v) is 29.7. The van der Waals surface area contributed by atoms with E-state index in [1.54, 1.807) is 24.3 Å². The van der Waals surface area contributed by atoms with E-state index < -0.39 is 40.0 Å². The van der Waals surface area contributed by atoms with Crippen LogP contribution < -0.4 is 28.7 Å². The molecule has 0 aromatic heterocycles. The minimum absolute atomic E-state index is 0.0403. The van der Waals surface area contributed by atoms with E-state index >= 15 is 0 Å². The number of nitrogens with zero attached hydrogens (tertiary/aromatic N) is 4. The molecule has 0 unspecified atom stereocenters. The molecule has 4 heterocycles. The van der Waals surface area contributed by atoms with E-state index in [-0.39, 0.29) is 73.9 Å². The molecule has 0 N–H and O–H groups in total. The smallest absolute Gasteiger partial charge is 0.257 e. The first-order valence-corrected chi connectivity index (χ1v) is 28.5. The van der Waals surface area contributed by atoms with Crippen LogP contribution in [0, 0.1) is 0 Å². The number of methoxy groups -OCH3 is 2. The fraction of sp³-hybridized carbons (Fsp3) is 0.581. The zero-order valence-corrected chi connectivity index (χ0v) is 38.8. The molecule has 0 bridgehead atoms. The molecule has 4 aliphatic rings. The van der Waals surface area contributed by atoms with Gasteiger partial charge in [-0.1, -0.05) is 39.3 Å². The van der Waals surface area contributed by atoms with Crippen molar-refractivity contribution in [2.75, 3.05) is 77.0 Å². The Kier molecular flexibility index (Phi) is 14.3. The number of carbonyl (C=O) groups excluding carboxylic acids is 6. The molecule has 332 valence electrons. The van der Waals surface area contributed by atoms with Crippen LogP contribution in [0.1, 0.15) is 52.8 Å². The van der Waals surface area contributed by atoms with Gasteiger partial charge in [-0.2, -0.15) is 0 Å². The summed E-state index contributed by atoms with van der Waals surface area (Å²) in [6, 6.07) is 6.41. The van der Waals surface area contributed by atoms with Gasteiger partial charge in [0.1, 0.15) is 25.5 Å². The van der Waals surface area contributed by atoms with Crippen LogP contribution >= 0.6 is 0 Å². The summed E-state index contributed by atoms with van der Waals surface area (Å²) in [7, 11) is 0.141. The van der Waals surface area contributed by atoms with Gasteiger partial charge >= 0.3 is 0 Å². The fourth-order valence-electron chi connectivity index (χ4n) is 7.67. The van der Waals surface area contributed by atoms with Crippen molar-refractivity contribution < 1.29 is 57.2 Å². The number of fused-ring (bicyclic) bond motifs is 4. The summed E-state index contributed by atoms with van der Waals surface area (Å²) in [4.78, 5) is 85.6. The van der Waals surface area contributed by atoms with Gasteiger partial charge in [-0.3, -0.25) is 38.6 Å². The summed E-state index contributed by atoms with van der Waals surface area (Å²) in [5.74, 6) is -0.565. The van der Waals surface area contributed by atoms with Crippen LogP contribution in [-0.2, 0) is 28.7 Å². The zero-order chi connectivity index (χ0) is 44.2. The van der Waals surface area contributed by atoms with Crippen molar-refractivity contribution in [2.45, 2.75) is 95.6 Å². The van der Waals surface area contributed by atoms with E-state index in [9.17, 15) is 28.8 Å². The van der Waals surface area contributed by atoms with E-state index in [1.807, 2.05) is 0 Å². The Morgan fingerprint density at radius 1 is 0.541 bits per heavy atom. The maximum absolute atomic E-state index is 13.9. The molecule has 0 spiro atoms. The average molecular weight is 881 g/mol. The molecule has 0 radical (unpaired) electrons. The third-order valence-corrected chi connectivity index (χ3v) is 14.7. The second kappa shape index (κ2) is 19.1. The van der Waals surface area contributed by atoms with Gasteiger partial charge in [0.2, 0.25) is 0 Å². The van der Waals surface area contributed by atoms with E-state index in [0.29, 0.717) is 80.1 Å². The topological polar surface area (TPSA) is 171 Å². The number of unbranched alkanes of at least 4 members (excludes halogenated alkanes) is 2. The number of ether oxygens (including phenoxy) is 6. The Bertz CT molecular complexity index is 1890. The maximum Gasteiger partial charge on any atom is 0.257 e. The Hall–Kier alpha value is -4.79. The number of Topliss-reactive ketones (excluding diaryl/α,β-unsaturated/α-hetero) is 2. The Labute approximate surface area is 359 Å². The molecule has 2 saturated heterocycles. The van der Waals surface area contributed by atoms with Crippen molar-refractivity contribution in [3.8, 4) is 23.0 Å². The third-order valence-electron chi connectivity index (χ3n) is 11.3. The summed E-state index contributed by atoms with van der Waals surface area (Å²) in [6.07, 6.45) is 1.89. The van der Waals surface area contributed by atoms with Crippen LogP contribution in [0.15, 0.2) is 24.3 Å². The van der Waals surface area contributed by atoms with E-state index in [4.69, 9.17) is 28.4 Å². The molecule has 16 nitrogen and oxygen atoms in total. The summed E-state index contributed by atoms with van der Waals surface area (Å²) in [5.41, 5.74) is 1.15. The molecular weight excluding hydrogens is 821 g/mol. The van der Waals surface area contributed by atoms with Gasteiger partial charge in [0, 0.05) is 54.3 Å². The highest BCUT2D eigenvalue weighted by Gasteiger charge is 2.47. The summed E-state index contributed by atoms with van der Waals surface area (Å²) < 4.78 is 35.7. The molecule has 2 atom stereocenters. The van der Waals surface area contributed by atoms with E-state index in [0.717, 1.165) is 12.1 Å². The molecule has 0 saturated carbocycles. The number of hydrogen-bond donors (Lipinski definition) is 0. The molecule has 2 fully saturated rings. The van der Waals surface area contributed by atoms with Gasteiger partial charge in [-0.15, -0.1) is 0 Å². The molecule has 2 aromatic carbocycles. The minimum Gasteiger partial charge on any atom is -0.493 e. The molecule has 61 heavy (non-hydrogen) atoms. The summed E-state index contributed by atoms with van der Waals surface area (Å²) >= 11 is 0. The molecular formula is C43H60N4O12Si2. The molecule has 6 rings (SSSR count). The number of rotatable bonds is 20. The Balaban J connectivity index is 1.11. The van der Waals surface area contributed by atoms with Gasteiger partial charge in [0.25, 0.3) is 23.6 Å².